The summed E-state index contributed by atoms with van der Waals surface area (Å²) in [4.78, 5) is 0. The van der Waals surface area contributed by atoms with E-state index in [0.717, 1.165) is 12.5 Å². The number of hydrogen-bond acceptors (Lipinski definition) is 2. The van der Waals surface area contributed by atoms with Crippen LogP contribution in [0.5, 0.6) is 0 Å². The van der Waals surface area contributed by atoms with Gasteiger partial charge in [-0.05, 0) is 54.1 Å². The highest BCUT2D eigenvalue weighted by Crippen LogP contribution is 2.29. The van der Waals surface area contributed by atoms with Gasteiger partial charge in [-0.3, -0.25) is 0 Å². The zero-order valence-corrected chi connectivity index (χ0v) is 10.4. The van der Waals surface area contributed by atoms with Crippen molar-refractivity contribution in [1.82, 2.24) is 5.32 Å². The molecule has 1 saturated carbocycles. The number of hydrogen-bond donors (Lipinski definition) is 1. The van der Waals surface area contributed by atoms with Gasteiger partial charge in [0.15, 0.2) is 0 Å². The van der Waals surface area contributed by atoms with Crippen LogP contribution in [-0.2, 0) is 6.42 Å². The molecule has 1 aliphatic rings. The average Bonchev–Trinajstić information content (AvgIpc) is 2.89. The Morgan fingerprint density at radius 2 is 2.27 bits per heavy atom. The topological polar surface area (TPSA) is 12.0 Å². The Labute approximate surface area is 96.9 Å². The van der Waals surface area contributed by atoms with Crippen molar-refractivity contribution in [3.63, 3.8) is 0 Å². The van der Waals surface area contributed by atoms with Crippen LogP contribution in [0.1, 0.15) is 38.2 Å². The lowest BCUT2D eigenvalue weighted by atomic mass is 9.93. The van der Waals surface area contributed by atoms with Crippen molar-refractivity contribution in [2.45, 2.75) is 45.1 Å². The van der Waals surface area contributed by atoms with E-state index in [0.29, 0.717) is 6.04 Å². The normalized spacial score (nSPS) is 19.5. The third kappa shape index (κ3) is 3.05. The fourth-order valence-corrected chi connectivity index (χ4v) is 3.37. The van der Waals surface area contributed by atoms with Gasteiger partial charge in [0.1, 0.15) is 0 Å². The van der Waals surface area contributed by atoms with E-state index in [1.54, 1.807) is 0 Å². The zero-order valence-electron chi connectivity index (χ0n) is 9.54. The first-order valence-corrected chi connectivity index (χ1v) is 7.09. The predicted molar refractivity (Wildman–Crippen MR) is 67.4 cm³/mol. The molecule has 0 saturated heterocycles. The molecule has 1 aliphatic carbocycles. The Morgan fingerprint density at radius 3 is 2.87 bits per heavy atom. The van der Waals surface area contributed by atoms with Gasteiger partial charge in [0.25, 0.3) is 0 Å². The quantitative estimate of drug-likeness (QED) is 0.806. The number of thiophene rings is 1. The first-order valence-electron chi connectivity index (χ1n) is 6.14. The molecule has 0 bridgehead atoms. The first kappa shape index (κ1) is 11.2. The fraction of sp³-hybridized carbons (Fsp3) is 0.692. The van der Waals surface area contributed by atoms with Crippen molar-refractivity contribution >= 4 is 11.3 Å². The number of rotatable bonds is 5. The van der Waals surface area contributed by atoms with Crippen LogP contribution in [0.25, 0.3) is 0 Å². The number of nitrogens with one attached hydrogen (secondary N) is 1. The smallest absolute Gasteiger partial charge is 0.0136 e. The lowest BCUT2D eigenvalue weighted by Crippen LogP contribution is -2.36. The van der Waals surface area contributed by atoms with Gasteiger partial charge in [-0.15, -0.1) is 0 Å². The summed E-state index contributed by atoms with van der Waals surface area (Å²) in [5, 5.41) is 8.15. The predicted octanol–water partition coefficient (Wildman–Crippen LogP) is 3.46. The summed E-state index contributed by atoms with van der Waals surface area (Å²) in [7, 11) is 0. The second kappa shape index (κ2) is 5.66. The molecule has 0 aliphatic heterocycles. The standard InChI is InChI=1S/C13H21NS/c1-2-14-13(12-5-3-4-6-12)9-11-7-8-15-10-11/h7-8,10,12-14H,2-6,9H2,1H3. The fourth-order valence-electron chi connectivity index (χ4n) is 2.69. The summed E-state index contributed by atoms with van der Waals surface area (Å²) in [6.07, 6.45) is 6.97. The second-order valence-electron chi connectivity index (χ2n) is 4.54. The van der Waals surface area contributed by atoms with Crippen LogP contribution in [0, 0.1) is 5.92 Å². The minimum absolute atomic E-state index is 0.715. The van der Waals surface area contributed by atoms with Crippen LogP contribution >= 0.6 is 11.3 Å². The Morgan fingerprint density at radius 1 is 1.47 bits per heavy atom. The van der Waals surface area contributed by atoms with Gasteiger partial charge in [0.2, 0.25) is 0 Å². The summed E-state index contributed by atoms with van der Waals surface area (Å²) in [6.45, 7) is 3.32. The van der Waals surface area contributed by atoms with E-state index >= 15 is 0 Å². The third-order valence-electron chi connectivity index (χ3n) is 3.47. The van der Waals surface area contributed by atoms with Crippen molar-refractivity contribution in [3.05, 3.63) is 22.4 Å². The molecular weight excluding hydrogens is 202 g/mol. The highest BCUT2D eigenvalue weighted by atomic mass is 32.1. The van der Waals surface area contributed by atoms with E-state index in [1.165, 1.54) is 37.7 Å². The molecule has 1 nitrogen and oxygen atoms in total. The molecule has 1 aromatic heterocycles. The number of likely N-dealkylation sites (N-methyl/N-ethyl adjacent to an activating group) is 1. The molecule has 1 atom stereocenters. The van der Waals surface area contributed by atoms with Gasteiger partial charge in [-0.1, -0.05) is 19.8 Å². The van der Waals surface area contributed by atoms with Crippen molar-refractivity contribution in [1.29, 1.82) is 0 Å². The Bertz CT molecular complexity index is 262. The van der Waals surface area contributed by atoms with E-state index in [4.69, 9.17) is 0 Å². The SMILES string of the molecule is CCNC(Cc1ccsc1)C1CCCC1. The third-order valence-corrected chi connectivity index (χ3v) is 4.20. The summed E-state index contributed by atoms with van der Waals surface area (Å²) >= 11 is 1.81. The molecule has 0 aromatic carbocycles. The average molecular weight is 223 g/mol. The van der Waals surface area contributed by atoms with E-state index in [9.17, 15) is 0 Å². The summed E-state index contributed by atoms with van der Waals surface area (Å²) in [6, 6.07) is 2.98. The van der Waals surface area contributed by atoms with Crippen LogP contribution in [0.4, 0.5) is 0 Å². The van der Waals surface area contributed by atoms with Gasteiger partial charge in [0.05, 0.1) is 0 Å². The maximum Gasteiger partial charge on any atom is 0.0136 e. The van der Waals surface area contributed by atoms with E-state index in [2.05, 4.69) is 29.1 Å². The molecule has 0 radical (unpaired) electrons. The molecule has 0 amide bonds. The molecule has 1 fully saturated rings. The van der Waals surface area contributed by atoms with Crippen LogP contribution in [0.3, 0.4) is 0 Å². The molecule has 0 spiro atoms. The molecule has 1 aromatic rings. The van der Waals surface area contributed by atoms with Gasteiger partial charge in [-0.25, -0.2) is 0 Å². The van der Waals surface area contributed by atoms with E-state index in [1.807, 2.05) is 11.3 Å². The van der Waals surface area contributed by atoms with Crippen molar-refractivity contribution in [3.8, 4) is 0 Å². The van der Waals surface area contributed by atoms with Crippen molar-refractivity contribution in [2.24, 2.45) is 5.92 Å². The van der Waals surface area contributed by atoms with Gasteiger partial charge >= 0.3 is 0 Å². The van der Waals surface area contributed by atoms with Gasteiger partial charge < -0.3 is 5.32 Å². The molecule has 1 N–H and O–H groups in total. The first-order chi connectivity index (χ1) is 7.40. The summed E-state index contributed by atoms with van der Waals surface area (Å²) in [5.41, 5.74) is 1.51. The molecular formula is C13H21NS. The summed E-state index contributed by atoms with van der Waals surface area (Å²) in [5.74, 6) is 0.921. The summed E-state index contributed by atoms with van der Waals surface area (Å²) < 4.78 is 0. The van der Waals surface area contributed by atoms with Crippen LogP contribution < -0.4 is 5.32 Å². The Balaban J connectivity index is 1.93. The van der Waals surface area contributed by atoms with Gasteiger partial charge in [0, 0.05) is 6.04 Å². The van der Waals surface area contributed by atoms with Crippen molar-refractivity contribution in [2.75, 3.05) is 6.54 Å². The van der Waals surface area contributed by atoms with Gasteiger partial charge in [-0.2, -0.15) is 11.3 Å². The monoisotopic (exact) mass is 223 g/mol. The van der Waals surface area contributed by atoms with Crippen LogP contribution in [0.15, 0.2) is 16.8 Å². The second-order valence-corrected chi connectivity index (χ2v) is 5.32. The molecule has 2 rings (SSSR count). The Hall–Kier alpha value is -0.340. The largest absolute Gasteiger partial charge is 0.314 e. The van der Waals surface area contributed by atoms with E-state index < -0.39 is 0 Å². The maximum atomic E-state index is 3.67. The molecule has 15 heavy (non-hydrogen) atoms. The highest BCUT2D eigenvalue weighted by molar-refractivity contribution is 7.07. The zero-order chi connectivity index (χ0) is 10.5. The molecule has 84 valence electrons. The minimum Gasteiger partial charge on any atom is -0.314 e. The minimum atomic E-state index is 0.715. The maximum absolute atomic E-state index is 3.67. The molecule has 1 heterocycles. The highest BCUT2D eigenvalue weighted by Gasteiger charge is 2.24. The van der Waals surface area contributed by atoms with Crippen LogP contribution in [-0.4, -0.2) is 12.6 Å². The van der Waals surface area contributed by atoms with E-state index in [-0.39, 0.29) is 0 Å². The Kier molecular flexibility index (Phi) is 4.21. The lowest BCUT2D eigenvalue weighted by molar-refractivity contribution is 0.362. The lowest BCUT2D eigenvalue weighted by Gasteiger charge is -2.23. The van der Waals surface area contributed by atoms with Crippen LogP contribution in [0.2, 0.25) is 0 Å². The molecule has 2 heteroatoms. The molecule has 1 unspecified atom stereocenters. The van der Waals surface area contributed by atoms with Crippen molar-refractivity contribution < 1.29 is 0 Å².